The standard InChI is InChI=1S/C34H30ClN3OS/c1-22(37-38-34(39)24-16-14-23(15-17-24)21-40-26-8-3-2-4-9-26)25-18-19-32-30(20-25)27-11-7-12-28(27)33(36-32)29-10-5-6-13-31(29)35/h2-11,13-20,27-28,33,36H,12,21H2,1H3,(H,38,39)/b37-22-/t27-,28+,33-/m1/s1. The zero-order valence-corrected chi connectivity index (χ0v) is 23.8. The fraction of sp³-hybridized carbons (Fsp3) is 0.176. The number of anilines is 1. The lowest BCUT2D eigenvalue weighted by Crippen LogP contribution is -2.29. The number of rotatable bonds is 7. The average molecular weight is 564 g/mol. The lowest BCUT2D eigenvalue weighted by Gasteiger charge is -2.38. The van der Waals surface area contributed by atoms with Crippen LogP contribution in [-0.2, 0) is 5.75 Å². The van der Waals surface area contributed by atoms with Crippen LogP contribution in [0.15, 0.2) is 119 Å². The number of halogens is 1. The van der Waals surface area contributed by atoms with Crippen LogP contribution in [0.1, 0.15) is 57.9 Å². The van der Waals surface area contributed by atoms with Crippen LogP contribution < -0.4 is 10.7 Å². The van der Waals surface area contributed by atoms with Gasteiger partial charge in [0, 0.05) is 32.8 Å². The van der Waals surface area contributed by atoms with Gasteiger partial charge in [-0.05, 0) is 84.0 Å². The van der Waals surface area contributed by atoms with Gasteiger partial charge in [0.05, 0.1) is 11.8 Å². The van der Waals surface area contributed by atoms with Gasteiger partial charge in [0.2, 0.25) is 0 Å². The van der Waals surface area contributed by atoms with E-state index >= 15 is 0 Å². The highest BCUT2D eigenvalue weighted by atomic mass is 35.5. The number of hydrazone groups is 1. The second-order valence-electron chi connectivity index (χ2n) is 10.2. The first-order valence-electron chi connectivity index (χ1n) is 13.5. The highest BCUT2D eigenvalue weighted by Gasteiger charge is 2.38. The summed E-state index contributed by atoms with van der Waals surface area (Å²) in [4.78, 5) is 14.0. The smallest absolute Gasteiger partial charge is 0.271 e. The molecule has 4 aromatic carbocycles. The Balaban J connectivity index is 1.13. The summed E-state index contributed by atoms with van der Waals surface area (Å²) >= 11 is 8.36. The van der Waals surface area contributed by atoms with Crippen molar-refractivity contribution in [2.24, 2.45) is 11.0 Å². The van der Waals surface area contributed by atoms with Gasteiger partial charge in [0.1, 0.15) is 0 Å². The average Bonchev–Trinajstić information content (AvgIpc) is 3.50. The van der Waals surface area contributed by atoms with Crippen molar-refractivity contribution in [1.82, 2.24) is 5.43 Å². The Morgan fingerprint density at radius 3 is 2.50 bits per heavy atom. The summed E-state index contributed by atoms with van der Waals surface area (Å²) in [5, 5.41) is 8.98. The van der Waals surface area contributed by atoms with Crippen molar-refractivity contribution in [3.63, 3.8) is 0 Å². The summed E-state index contributed by atoms with van der Waals surface area (Å²) in [5.74, 6) is 1.33. The molecule has 6 heteroatoms. The number of hydrogen-bond donors (Lipinski definition) is 2. The fourth-order valence-electron chi connectivity index (χ4n) is 5.55. The molecule has 0 fully saturated rings. The van der Waals surface area contributed by atoms with E-state index in [1.54, 1.807) is 11.8 Å². The molecule has 0 saturated carbocycles. The molecule has 3 atom stereocenters. The highest BCUT2D eigenvalue weighted by Crippen LogP contribution is 2.50. The van der Waals surface area contributed by atoms with Gasteiger partial charge in [0.15, 0.2) is 0 Å². The van der Waals surface area contributed by atoms with Crippen LogP contribution in [-0.4, -0.2) is 11.6 Å². The Labute approximate surface area is 244 Å². The van der Waals surface area contributed by atoms with Gasteiger partial charge >= 0.3 is 0 Å². The Morgan fingerprint density at radius 2 is 1.70 bits per heavy atom. The molecule has 2 N–H and O–H groups in total. The number of hydrogen-bond acceptors (Lipinski definition) is 4. The first-order chi connectivity index (χ1) is 19.6. The van der Waals surface area contributed by atoms with Gasteiger partial charge in [-0.2, -0.15) is 5.10 Å². The lowest BCUT2D eigenvalue weighted by atomic mass is 9.76. The number of amides is 1. The third-order valence-corrected chi connectivity index (χ3v) is 9.14. The van der Waals surface area contributed by atoms with Crippen LogP contribution in [0.5, 0.6) is 0 Å². The van der Waals surface area contributed by atoms with E-state index in [0.29, 0.717) is 17.4 Å². The summed E-state index contributed by atoms with van der Waals surface area (Å²) in [6.07, 6.45) is 5.59. The number of carbonyl (C=O) groups excluding carboxylic acids is 1. The molecule has 0 radical (unpaired) electrons. The minimum Gasteiger partial charge on any atom is -0.378 e. The number of thioether (sulfide) groups is 1. The van der Waals surface area contributed by atoms with Gasteiger partial charge < -0.3 is 5.32 Å². The molecule has 0 spiro atoms. The molecule has 6 rings (SSSR count). The summed E-state index contributed by atoms with van der Waals surface area (Å²) in [7, 11) is 0. The largest absolute Gasteiger partial charge is 0.378 e. The molecule has 0 saturated heterocycles. The van der Waals surface area contributed by atoms with Crippen LogP contribution in [0.25, 0.3) is 0 Å². The molecule has 1 amide bonds. The first kappa shape index (κ1) is 26.4. The van der Waals surface area contributed by atoms with Gasteiger partial charge in [-0.15, -0.1) is 11.8 Å². The first-order valence-corrected chi connectivity index (χ1v) is 14.9. The van der Waals surface area contributed by atoms with E-state index in [9.17, 15) is 4.79 Å². The van der Waals surface area contributed by atoms with Crippen molar-refractivity contribution in [3.8, 4) is 0 Å². The monoisotopic (exact) mass is 563 g/mol. The van der Waals surface area contributed by atoms with Gasteiger partial charge in [-0.3, -0.25) is 4.79 Å². The molecule has 200 valence electrons. The molecular formula is C34H30ClN3OS. The number of benzene rings is 4. The van der Waals surface area contributed by atoms with Crippen molar-refractivity contribution in [3.05, 3.63) is 142 Å². The van der Waals surface area contributed by atoms with Crippen LogP contribution in [0.3, 0.4) is 0 Å². The number of carbonyl (C=O) groups is 1. The van der Waals surface area contributed by atoms with Crippen molar-refractivity contribution in [2.45, 2.75) is 36.0 Å². The maximum Gasteiger partial charge on any atom is 0.271 e. The van der Waals surface area contributed by atoms with Crippen molar-refractivity contribution in [1.29, 1.82) is 0 Å². The minimum absolute atomic E-state index is 0.157. The van der Waals surface area contributed by atoms with Gasteiger partial charge in [-0.1, -0.05) is 78.4 Å². The Kier molecular flexibility index (Phi) is 7.76. The second kappa shape index (κ2) is 11.7. The number of fused-ring (bicyclic) bond motifs is 3. The quantitative estimate of drug-likeness (QED) is 0.102. The molecular weight excluding hydrogens is 534 g/mol. The lowest BCUT2D eigenvalue weighted by molar-refractivity contribution is 0.0955. The predicted octanol–water partition coefficient (Wildman–Crippen LogP) is 8.61. The summed E-state index contributed by atoms with van der Waals surface area (Å²) in [6, 6.07) is 32.6. The molecule has 2 aliphatic rings. The molecule has 40 heavy (non-hydrogen) atoms. The third kappa shape index (κ3) is 5.58. The molecule has 4 nitrogen and oxygen atoms in total. The Morgan fingerprint density at radius 1 is 0.950 bits per heavy atom. The zero-order chi connectivity index (χ0) is 27.5. The Hall–Kier alpha value is -3.80. The van der Waals surface area contributed by atoms with Crippen LogP contribution in [0.4, 0.5) is 5.69 Å². The van der Waals surface area contributed by atoms with E-state index in [0.717, 1.165) is 39.7 Å². The van der Waals surface area contributed by atoms with Crippen molar-refractivity contribution >= 4 is 40.7 Å². The normalized spacial score (nSPS) is 19.4. The SMILES string of the molecule is C/C(=N/NC(=O)c1ccc(CSc2ccccc2)cc1)c1ccc2c(c1)[C@@H]1C=CC[C@@H]1[C@H](c1ccccc1Cl)N2. The third-order valence-electron chi connectivity index (χ3n) is 7.71. The van der Waals surface area contributed by atoms with Crippen LogP contribution in [0.2, 0.25) is 5.02 Å². The molecule has 1 aliphatic heterocycles. The summed E-state index contributed by atoms with van der Waals surface area (Å²) in [5.41, 5.74) is 9.75. The molecule has 1 aliphatic carbocycles. The van der Waals surface area contributed by atoms with Crippen molar-refractivity contribution in [2.75, 3.05) is 5.32 Å². The number of nitrogens with zero attached hydrogens (tertiary/aromatic N) is 1. The number of allylic oxidation sites excluding steroid dienone is 2. The predicted molar refractivity (Wildman–Crippen MR) is 166 cm³/mol. The maximum absolute atomic E-state index is 12.8. The van der Waals surface area contributed by atoms with E-state index in [-0.39, 0.29) is 11.9 Å². The molecule has 1 heterocycles. The van der Waals surface area contributed by atoms with Crippen molar-refractivity contribution < 1.29 is 4.79 Å². The molecule has 0 bridgehead atoms. The van der Waals surface area contributed by atoms with E-state index in [1.165, 1.54) is 16.0 Å². The molecule has 0 unspecified atom stereocenters. The van der Waals surface area contributed by atoms with Crippen LogP contribution in [0, 0.1) is 5.92 Å². The number of nitrogens with one attached hydrogen (secondary N) is 2. The molecule has 4 aromatic rings. The summed E-state index contributed by atoms with van der Waals surface area (Å²) < 4.78 is 0. The minimum atomic E-state index is -0.220. The van der Waals surface area contributed by atoms with E-state index < -0.39 is 0 Å². The van der Waals surface area contributed by atoms with E-state index in [4.69, 9.17) is 11.6 Å². The zero-order valence-electron chi connectivity index (χ0n) is 22.2. The van der Waals surface area contributed by atoms with E-state index in [1.807, 2.05) is 67.6 Å². The molecule has 0 aromatic heterocycles. The second-order valence-corrected chi connectivity index (χ2v) is 11.7. The Bertz CT molecular complexity index is 1580. The van der Waals surface area contributed by atoms with Crippen LogP contribution >= 0.6 is 23.4 Å². The van der Waals surface area contributed by atoms with Gasteiger partial charge in [-0.25, -0.2) is 5.43 Å². The highest BCUT2D eigenvalue weighted by molar-refractivity contribution is 7.98. The maximum atomic E-state index is 12.8. The summed E-state index contributed by atoms with van der Waals surface area (Å²) in [6.45, 7) is 1.93. The van der Waals surface area contributed by atoms with Gasteiger partial charge in [0.25, 0.3) is 5.91 Å². The topological polar surface area (TPSA) is 53.5 Å². The fourth-order valence-corrected chi connectivity index (χ4v) is 6.68. The van der Waals surface area contributed by atoms with E-state index in [2.05, 4.69) is 64.4 Å².